The Morgan fingerprint density at radius 2 is 1.89 bits per heavy atom. The first-order valence-corrected chi connectivity index (χ1v) is 6.61. The summed E-state index contributed by atoms with van der Waals surface area (Å²) in [5.74, 6) is -1.98. The number of hydrogen-bond donors (Lipinski definition) is 2. The molecule has 0 aliphatic rings. The Labute approximate surface area is 104 Å². The van der Waals surface area contributed by atoms with Crippen LogP contribution in [0.3, 0.4) is 0 Å². The topological polar surface area (TPSA) is 69.6 Å². The smallest absolute Gasteiger partial charge is 0.301 e. The summed E-state index contributed by atoms with van der Waals surface area (Å²) in [5, 5.41) is 8.60. The van der Waals surface area contributed by atoms with E-state index in [4.69, 9.17) is 5.11 Å². The lowest BCUT2D eigenvalue weighted by Gasteiger charge is -2.18. The highest BCUT2D eigenvalue weighted by atomic mass is 32.2. The van der Waals surface area contributed by atoms with Crippen LogP contribution < -0.4 is 4.72 Å². The van der Waals surface area contributed by atoms with Crippen molar-refractivity contribution in [2.75, 3.05) is 24.9 Å². The van der Waals surface area contributed by atoms with Gasteiger partial charge in [0, 0.05) is 20.2 Å². The maximum absolute atomic E-state index is 13.3. The van der Waals surface area contributed by atoms with Gasteiger partial charge in [-0.2, -0.15) is 12.7 Å². The molecule has 0 unspecified atom stereocenters. The summed E-state index contributed by atoms with van der Waals surface area (Å²) in [6, 6.07) is 3.04. The molecule has 0 heterocycles. The summed E-state index contributed by atoms with van der Waals surface area (Å²) < 4.78 is 52.7. The Balaban J connectivity index is 2.89. The summed E-state index contributed by atoms with van der Waals surface area (Å²) >= 11 is 0. The fourth-order valence-electron chi connectivity index (χ4n) is 1.22. The van der Waals surface area contributed by atoms with Crippen LogP contribution in [0.1, 0.15) is 6.42 Å². The van der Waals surface area contributed by atoms with Crippen LogP contribution in [0.5, 0.6) is 0 Å². The molecule has 1 rings (SSSR count). The minimum absolute atomic E-state index is 0.0436. The first-order chi connectivity index (χ1) is 8.38. The summed E-state index contributed by atoms with van der Waals surface area (Å²) in [6.45, 7) is -0.129. The number of hydrogen-bond acceptors (Lipinski definition) is 3. The zero-order chi connectivity index (χ0) is 13.8. The molecule has 0 fully saturated rings. The lowest BCUT2D eigenvalue weighted by molar-refractivity contribution is 0.276. The van der Waals surface area contributed by atoms with Gasteiger partial charge in [-0.15, -0.1) is 0 Å². The van der Waals surface area contributed by atoms with Crippen LogP contribution in [-0.4, -0.2) is 38.0 Å². The highest BCUT2D eigenvalue weighted by Gasteiger charge is 2.20. The van der Waals surface area contributed by atoms with Crippen molar-refractivity contribution in [1.29, 1.82) is 0 Å². The normalized spacial score (nSPS) is 11.8. The average molecular weight is 280 g/mol. The number of para-hydroxylation sites is 1. The van der Waals surface area contributed by atoms with Gasteiger partial charge in [-0.1, -0.05) is 6.07 Å². The van der Waals surface area contributed by atoms with Crippen LogP contribution in [-0.2, 0) is 10.2 Å². The average Bonchev–Trinajstić information content (AvgIpc) is 2.31. The second-order valence-corrected chi connectivity index (χ2v) is 5.38. The van der Waals surface area contributed by atoms with Crippen LogP contribution in [0.2, 0.25) is 0 Å². The number of aliphatic hydroxyl groups excluding tert-OH is 1. The quantitative estimate of drug-likeness (QED) is 0.814. The van der Waals surface area contributed by atoms with Crippen molar-refractivity contribution in [2.24, 2.45) is 0 Å². The maximum Gasteiger partial charge on any atom is 0.301 e. The zero-order valence-corrected chi connectivity index (χ0v) is 10.5. The fraction of sp³-hybridized carbons (Fsp3) is 0.400. The molecule has 0 aliphatic heterocycles. The number of halogens is 2. The van der Waals surface area contributed by atoms with Gasteiger partial charge in [0.1, 0.15) is 17.3 Å². The van der Waals surface area contributed by atoms with Gasteiger partial charge in [0.05, 0.1) is 0 Å². The molecular formula is C10H14F2N2O3S. The molecule has 8 heteroatoms. The molecule has 1 aromatic carbocycles. The van der Waals surface area contributed by atoms with Crippen molar-refractivity contribution >= 4 is 15.9 Å². The van der Waals surface area contributed by atoms with Gasteiger partial charge in [0.25, 0.3) is 0 Å². The number of benzene rings is 1. The van der Waals surface area contributed by atoms with Crippen molar-refractivity contribution in [2.45, 2.75) is 6.42 Å². The molecule has 18 heavy (non-hydrogen) atoms. The van der Waals surface area contributed by atoms with E-state index in [2.05, 4.69) is 0 Å². The standard InChI is InChI=1S/C10H14F2N2O3S/c1-14(6-3-7-15)18(16,17)13-10-8(11)4-2-5-9(10)12/h2,4-5,13,15H,3,6-7H2,1H3. The van der Waals surface area contributed by atoms with Crippen molar-refractivity contribution in [3.63, 3.8) is 0 Å². The largest absolute Gasteiger partial charge is 0.396 e. The van der Waals surface area contributed by atoms with E-state index in [9.17, 15) is 17.2 Å². The highest BCUT2D eigenvalue weighted by molar-refractivity contribution is 7.90. The Morgan fingerprint density at radius 3 is 2.39 bits per heavy atom. The van der Waals surface area contributed by atoms with Crippen LogP contribution in [0, 0.1) is 11.6 Å². The van der Waals surface area contributed by atoms with E-state index < -0.39 is 27.5 Å². The third-order valence-electron chi connectivity index (χ3n) is 2.24. The van der Waals surface area contributed by atoms with Gasteiger partial charge in [0.15, 0.2) is 0 Å². The molecule has 0 bridgehead atoms. The minimum atomic E-state index is -4.04. The Bertz CT molecular complexity index is 488. The van der Waals surface area contributed by atoms with E-state index >= 15 is 0 Å². The van der Waals surface area contributed by atoms with Gasteiger partial charge < -0.3 is 5.11 Å². The predicted molar refractivity (Wildman–Crippen MR) is 63.2 cm³/mol. The lowest BCUT2D eigenvalue weighted by atomic mass is 10.3. The number of anilines is 1. The van der Waals surface area contributed by atoms with E-state index in [0.29, 0.717) is 0 Å². The van der Waals surface area contributed by atoms with Crippen LogP contribution >= 0.6 is 0 Å². The summed E-state index contributed by atoms with van der Waals surface area (Å²) in [5.41, 5.74) is -0.714. The van der Waals surface area contributed by atoms with Gasteiger partial charge in [0.2, 0.25) is 0 Å². The van der Waals surface area contributed by atoms with Crippen LogP contribution in [0.4, 0.5) is 14.5 Å². The summed E-state index contributed by atoms with van der Waals surface area (Å²) in [4.78, 5) is 0. The van der Waals surface area contributed by atoms with Gasteiger partial charge >= 0.3 is 10.2 Å². The molecule has 0 atom stereocenters. The molecule has 0 aliphatic carbocycles. The zero-order valence-electron chi connectivity index (χ0n) is 9.73. The molecule has 1 aromatic rings. The number of aliphatic hydroxyl groups is 1. The fourth-order valence-corrected chi connectivity index (χ4v) is 2.19. The first kappa shape index (κ1) is 14.8. The molecule has 0 radical (unpaired) electrons. The van der Waals surface area contributed by atoms with Gasteiger partial charge in [-0.05, 0) is 18.6 Å². The first-order valence-electron chi connectivity index (χ1n) is 5.17. The highest BCUT2D eigenvalue weighted by Crippen LogP contribution is 2.20. The predicted octanol–water partition coefficient (Wildman–Crippen LogP) is 0.936. The monoisotopic (exact) mass is 280 g/mol. The van der Waals surface area contributed by atoms with Crippen molar-refractivity contribution in [1.82, 2.24) is 4.31 Å². The molecule has 0 saturated heterocycles. The second-order valence-electron chi connectivity index (χ2n) is 3.60. The minimum Gasteiger partial charge on any atom is -0.396 e. The SMILES string of the molecule is CN(CCCO)S(=O)(=O)Nc1c(F)cccc1F. The van der Waals surface area contributed by atoms with E-state index in [-0.39, 0.29) is 19.6 Å². The van der Waals surface area contributed by atoms with E-state index in [0.717, 1.165) is 22.5 Å². The molecule has 2 N–H and O–H groups in total. The summed E-state index contributed by atoms with van der Waals surface area (Å²) in [7, 11) is -2.79. The maximum atomic E-state index is 13.3. The van der Waals surface area contributed by atoms with Gasteiger partial charge in [-0.3, -0.25) is 4.72 Å². The van der Waals surface area contributed by atoms with E-state index in [1.165, 1.54) is 7.05 Å². The van der Waals surface area contributed by atoms with Crippen LogP contribution in [0.15, 0.2) is 18.2 Å². The molecule has 0 saturated carbocycles. The Morgan fingerprint density at radius 1 is 1.33 bits per heavy atom. The molecular weight excluding hydrogens is 266 g/mol. The number of nitrogens with zero attached hydrogens (tertiary/aromatic N) is 1. The number of rotatable bonds is 6. The van der Waals surface area contributed by atoms with Crippen molar-refractivity contribution < 1.29 is 22.3 Å². The number of nitrogens with one attached hydrogen (secondary N) is 1. The van der Waals surface area contributed by atoms with Crippen molar-refractivity contribution in [3.05, 3.63) is 29.8 Å². The molecule has 0 spiro atoms. The molecule has 0 amide bonds. The van der Waals surface area contributed by atoms with Gasteiger partial charge in [-0.25, -0.2) is 8.78 Å². The molecule has 5 nitrogen and oxygen atoms in total. The molecule has 0 aromatic heterocycles. The molecule has 102 valence electrons. The van der Waals surface area contributed by atoms with Crippen molar-refractivity contribution in [3.8, 4) is 0 Å². The Kier molecular flexibility index (Phi) is 5.00. The third-order valence-corrected chi connectivity index (χ3v) is 3.70. The van der Waals surface area contributed by atoms with E-state index in [1.807, 2.05) is 4.72 Å². The van der Waals surface area contributed by atoms with E-state index in [1.54, 1.807) is 0 Å². The summed E-state index contributed by atoms with van der Waals surface area (Å²) in [6.07, 6.45) is 0.233. The lowest BCUT2D eigenvalue weighted by Crippen LogP contribution is -2.34. The third kappa shape index (κ3) is 3.62. The second kappa shape index (κ2) is 6.07. The van der Waals surface area contributed by atoms with Crippen LogP contribution in [0.25, 0.3) is 0 Å². The Hall–Kier alpha value is -1.25.